The molecule has 0 bridgehead atoms. The third-order valence-electron chi connectivity index (χ3n) is 2.48. The molecule has 0 unspecified atom stereocenters. The molecule has 0 spiro atoms. The lowest BCUT2D eigenvalue weighted by molar-refractivity contribution is 0.137. The van der Waals surface area contributed by atoms with Crippen LogP contribution in [0.15, 0.2) is 12.7 Å². The molecule has 0 aromatic heterocycles. The second-order valence-electron chi connectivity index (χ2n) is 3.67. The maximum absolute atomic E-state index is 5.42. The molecule has 1 heterocycles. The molecule has 1 aliphatic heterocycles. The van der Waals surface area contributed by atoms with Crippen LogP contribution in [0.3, 0.4) is 0 Å². The fourth-order valence-electron chi connectivity index (χ4n) is 1.63. The van der Waals surface area contributed by atoms with Crippen LogP contribution in [0, 0.1) is 0 Å². The van der Waals surface area contributed by atoms with E-state index < -0.39 is 0 Å². The van der Waals surface area contributed by atoms with Gasteiger partial charge in [0.1, 0.15) is 0 Å². The topological polar surface area (TPSA) is 33.3 Å². The molecule has 3 heteroatoms. The minimum Gasteiger partial charge on any atom is -0.380 e. The monoisotopic (exact) mass is 198 g/mol. The summed E-state index contributed by atoms with van der Waals surface area (Å²) in [4.78, 5) is 0. The van der Waals surface area contributed by atoms with Gasteiger partial charge in [-0.25, -0.2) is 0 Å². The minimum atomic E-state index is 0.694. The van der Waals surface area contributed by atoms with Gasteiger partial charge in [-0.2, -0.15) is 0 Å². The van der Waals surface area contributed by atoms with Crippen molar-refractivity contribution in [3.63, 3.8) is 0 Å². The molecule has 82 valence electrons. The molecule has 14 heavy (non-hydrogen) atoms. The van der Waals surface area contributed by atoms with Gasteiger partial charge in [0.25, 0.3) is 0 Å². The van der Waals surface area contributed by atoms with E-state index in [0.29, 0.717) is 6.04 Å². The lowest BCUT2D eigenvalue weighted by Gasteiger charge is -2.23. The Hall–Kier alpha value is -0.380. The van der Waals surface area contributed by atoms with Gasteiger partial charge in [0.15, 0.2) is 0 Å². The maximum atomic E-state index is 5.42. The van der Waals surface area contributed by atoms with Crippen LogP contribution in [0.25, 0.3) is 0 Å². The normalized spacial score (nSPS) is 18.3. The Bertz CT molecular complexity index is 144. The average Bonchev–Trinajstić information content (AvgIpc) is 2.25. The minimum absolute atomic E-state index is 0.694. The summed E-state index contributed by atoms with van der Waals surface area (Å²) in [5.41, 5.74) is 0. The third kappa shape index (κ3) is 5.37. The van der Waals surface area contributed by atoms with Gasteiger partial charge in [-0.1, -0.05) is 6.08 Å². The van der Waals surface area contributed by atoms with Gasteiger partial charge in [-0.05, 0) is 32.4 Å². The lowest BCUT2D eigenvalue weighted by atomic mass is 10.1. The van der Waals surface area contributed by atoms with Gasteiger partial charge in [-0.3, -0.25) is 0 Å². The van der Waals surface area contributed by atoms with Crippen molar-refractivity contribution < 1.29 is 4.74 Å². The van der Waals surface area contributed by atoms with Gasteiger partial charge in [0.2, 0.25) is 0 Å². The fraction of sp³-hybridized carbons (Fsp3) is 0.818. The lowest BCUT2D eigenvalue weighted by Crippen LogP contribution is -2.41. The summed E-state index contributed by atoms with van der Waals surface area (Å²) in [5.74, 6) is 0. The SMILES string of the molecule is C=CCCOCCNC1CCNCC1. The highest BCUT2D eigenvalue weighted by atomic mass is 16.5. The molecule has 0 radical (unpaired) electrons. The molecule has 0 amide bonds. The van der Waals surface area contributed by atoms with E-state index in [0.717, 1.165) is 39.3 Å². The summed E-state index contributed by atoms with van der Waals surface area (Å²) in [7, 11) is 0. The molecule has 1 rings (SSSR count). The van der Waals surface area contributed by atoms with Crippen LogP contribution in [-0.2, 0) is 4.74 Å². The van der Waals surface area contributed by atoms with Gasteiger partial charge >= 0.3 is 0 Å². The summed E-state index contributed by atoms with van der Waals surface area (Å²) in [6.07, 6.45) is 5.33. The fourth-order valence-corrected chi connectivity index (χ4v) is 1.63. The zero-order chi connectivity index (χ0) is 10.1. The Balaban J connectivity index is 1.85. The quantitative estimate of drug-likeness (QED) is 0.471. The van der Waals surface area contributed by atoms with E-state index in [-0.39, 0.29) is 0 Å². The zero-order valence-electron chi connectivity index (χ0n) is 8.93. The largest absolute Gasteiger partial charge is 0.380 e. The average molecular weight is 198 g/mol. The first-order chi connectivity index (χ1) is 6.93. The van der Waals surface area contributed by atoms with Crippen LogP contribution in [-0.4, -0.2) is 38.9 Å². The van der Waals surface area contributed by atoms with Crippen molar-refractivity contribution in [2.24, 2.45) is 0 Å². The van der Waals surface area contributed by atoms with E-state index in [9.17, 15) is 0 Å². The molecular weight excluding hydrogens is 176 g/mol. The molecule has 1 saturated heterocycles. The van der Waals surface area contributed by atoms with E-state index in [4.69, 9.17) is 4.74 Å². The molecule has 0 aromatic rings. The molecule has 0 aromatic carbocycles. The molecule has 0 atom stereocenters. The van der Waals surface area contributed by atoms with E-state index >= 15 is 0 Å². The van der Waals surface area contributed by atoms with Crippen LogP contribution in [0.5, 0.6) is 0 Å². The van der Waals surface area contributed by atoms with Gasteiger partial charge in [0.05, 0.1) is 13.2 Å². The molecule has 2 N–H and O–H groups in total. The Morgan fingerprint density at radius 2 is 2.14 bits per heavy atom. The molecule has 1 aliphatic rings. The zero-order valence-corrected chi connectivity index (χ0v) is 8.93. The Morgan fingerprint density at radius 1 is 1.36 bits per heavy atom. The van der Waals surface area contributed by atoms with Gasteiger partial charge in [0, 0.05) is 12.6 Å². The molecule has 3 nitrogen and oxygen atoms in total. The predicted octanol–water partition coefficient (Wildman–Crippen LogP) is 0.921. The van der Waals surface area contributed by atoms with Crippen molar-refractivity contribution in [2.75, 3.05) is 32.8 Å². The van der Waals surface area contributed by atoms with E-state index in [1.165, 1.54) is 12.8 Å². The molecular formula is C11H22N2O. The van der Waals surface area contributed by atoms with E-state index in [1.54, 1.807) is 0 Å². The standard InChI is InChI=1S/C11H22N2O/c1-2-3-9-14-10-8-13-11-4-6-12-7-5-11/h2,11-13H,1,3-10H2. The first-order valence-electron chi connectivity index (χ1n) is 5.56. The summed E-state index contributed by atoms with van der Waals surface area (Å²) in [5, 5.41) is 6.86. The highest BCUT2D eigenvalue weighted by molar-refractivity contribution is 4.73. The second-order valence-corrected chi connectivity index (χ2v) is 3.67. The van der Waals surface area contributed by atoms with Gasteiger partial charge < -0.3 is 15.4 Å². The first kappa shape index (κ1) is 11.7. The summed E-state index contributed by atoms with van der Waals surface area (Å²) >= 11 is 0. The smallest absolute Gasteiger partial charge is 0.0591 e. The van der Waals surface area contributed by atoms with Crippen molar-refractivity contribution >= 4 is 0 Å². The third-order valence-corrected chi connectivity index (χ3v) is 2.48. The summed E-state index contributed by atoms with van der Waals surface area (Å²) in [6, 6.07) is 0.694. The second kappa shape index (κ2) is 7.97. The molecule has 0 aliphatic carbocycles. The van der Waals surface area contributed by atoms with Crippen LogP contribution in [0.1, 0.15) is 19.3 Å². The van der Waals surface area contributed by atoms with Crippen LogP contribution >= 0.6 is 0 Å². The van der Waals surface area contributed by atoms with Crippen LogP contribution in [0.2, 0.25) is 0 Å². The van der Waals surface area contributed by atoms with E-state index in [2.05, 4.69) is 17.2 Å². The number of rotatable bonds is 7. The Morgan fingerprint density at radius 3 is 2.86 bits per heavy atom. The molecule has 0 saturated carbocycles. The highest BCUT2D eigenvalue weighted by Gasteiger charge is 2.10. The van der Waals surface area contributed by atoms with E-state index in [1.807, 2.05) is 6.08 Å². The number of piperidine rings is 1. The van der Waals surface area contributed by atoms with Crippen molar-refractivity contribution in [3.8, 4) is 0 Å². The number of hydrogen-bond donors (Lipinski definition) is 2. The van der Waals surface area contributed by atoms with Crippen molar-refractivity contribution in [1.82, 2.24) is 10.6 Å². The first-order valence-corrected chi connectivity index (χ1v) is 5.56. The van der Waals surface area contributed by atoms with Crippen molar-refractivity contribution in [1.29, 1.82) is 0 Å². The Labute approximate surface area is 86.9 Å². The maximum Gasteiger partial charge on any atom is 0.0591 e. The number of hydrogen-bond acceptors (Lipinski definition) is 3. The Kier molecular flexibility index (Phi) is 6.66. The van der Waals surface area contributed by atoms with Crippen LogP contribution in [0.4, 0.5) is 0 Å². The highest BCUT2D eigenvalue weighted by Crippen LogP contribution is 2.00. The summed E-state index contributed by atoms with van der Waals surface area (Å²) in [6.45, 7) is 8.54. The molecule has 1 fully saturated rings. The number of ether oxygens (including phenoxy) is 1. The summed E-state index contributed by atoms with van der Waals surface area (Å²) < 4.78 is 5.42. The van der Waals surface area contributed by atoms with Gasteiger partial charge in [-0.15, -0.1) is 6.58 Å². The number of nitrogens with one attached hydrogen (secondary N) is 2. The van der Waals surface area contributed by atoms with Crippen LogP contribution < -0.4 is 10.6 Å². The van der Waals surface area contributed by atoms with Crippen molar-refractivity contribution in [2.45, 2.75) is 25.3 Å². The predicted molar refractivity (Wildman–Crippen MR) is 59.5 cm³/mol. The van der Waals surface area contributed by atoms with Crippen molar-refractivity contribution in [3.05, 3.63) is 12.7 Å².